The molecule has 2 aromatic rings. The molecule has 2 aromatic heterocycles. The van der Waals surface area contributed by atoms with Crippen LogP contribution in [0.25, 0.3) is 11.2 Å². The number of amidine groups is 1. The van der Waals surface area contributed by atoms with Crippen molar-refractivity contribution in [1.82, 2.24) is 19.9 Å². The van der Waals surface area contributed by atoms with E-state index in [-0.39, 0.29) is 4.75 Å². The second-order valence-electron chi connectivity index (χ2n) is 6.50. The van der Waals surface area contributed by atoms with Gasteiger partial charge in [-0.1, -0.05) is 11.8 Å². The minimum Gasteiger partial charge on any atom is -0.353 e. The van der Waals surface area contributed by atoms with Crippen molar-refractivity contribution in [2.75, 3.05) is 37.6 Å². The molecular weight excluding hydrogens is 308 g/mol. The van der Waals surface area contributed by atoms with E-state index in [1.54, 1.807) is 12.4 Å². The van der Waals surface area contributed by atoms with Gasteiger partial charge in [-0.25, -0.2) is 9.97 Å². The van der Waals surface area contributed by atoms with Crippen molar-refractivity contribution in [1.29, 1.82) is 0 Å². The minimum atomic E-state index is 0.241. The van der Waals surface area contributed by atoms with E-state index in [2.05, 4.69) is 38.6 Å². The molecule has 1 fully saturated rings. The average molecular weight is 328 g/mol. The summed E-state index contributed by atoms with van der Waals surface area (Å²) in [4.78, 5) is 22.6. The molecule has 0 amide bonds. The van der Waals surface area contributed by atoms with Gasteiger partial charge in [-0.2, -0.15) is 0 Å². The van der Waals surface area contributed by atoms with E-state index in [1.807, 2.05) is 23.9 Å². The predicted molar refractivity (Wildman–Crippen MR) is 95.1 cm³/mol. The summed E-state index contributed by atoms with van der Waals surface area (Å²) < 4.78 is 0.241. The zero-order chi connectivity index (χ0) is 15.9. The molecule has 120 valence electrons. The van der Waals surface area contributed by atoms with Crippen LogP contribution in [0.3, 0.4) is 0 Å². The van der Waals surface area contributed by atoms with Crippen LogP contribution in [0.2, 0.25) is 0 Å². The zero-order valence-corrected chi connectivity index (χ0v) is 14.3. The third kappa shape index (κ3) is 2.97. The molecule has 0 spiro atoms. The Morgan fingerprint density at radius 3 is 2.48 bits per heavy atom. The number of fused-ring (bicyclic) bond motifs is 1. The second-order valence-corrected chi connectivity index (χ2v) is 8.18. The Morgan fingerprint density at radius 2 is 1.74 bits per heavy atom. The molecule has 4 heterocycles. The first-order valence-corrected chi connectivity index (χ1v) is 8.74. The van der Waals surface area contributed by atoms with Gasteiger partial charge in [0.1, 0.15) is 11.3 Å². The number of anilines is 1. The molecular formula is C16H20N6S. The summed E-state index contributed by atoms with van der Waals surface area (Å²) >= 11 is 1.90. The maximum absolute atomic E-state index is 4.70. The number of hydrogen-bond donors (Lipinski definition) is 0. The van der Waals surface area contributed by atoms with Crippen molar-refractivity contribution in [3.05, 3.63) is 24.5 Å². The number of rotatable bonds is 1. The van der Waals surface area contributed by atoms with Crippen molar-refractivity contribution >= 4 is 33.9 Å². The van der Waals surface area contributed by atoms with Gasteiger partial charge < -0.3 is 9.80 Å². The van der Waals surface area contributed by atoms with Gasteiger partial charge in [0.25, 0.3) is 0 Å². The summed E-state index contributed by atoms with van der Waals surface area (Å²) in [5.41, 5.74) is 1.55. The third-order valence-electron chi connectivity index (χ3n) is 4.15. The molecule has 0 atom stereocenters. The molecule has 0 aromatic carbocycles. The fourth-order valence-corrected chi connectivity index (χ4v) is 3.95. The van der Waals surface area contributed by atoms with Crippen molar-refractivity contribution in [3.63, 3.8) is 0 Å². The smallest absolute Gasteiger partial charge is 0.180 e. The monoisotopic (exact) mass is 328 g/mol. The first-order valence-electron chi connectivity index (χ1n) is 7.92. The summed E-state index contributed by atoms with van der Waals surface area (Å²) in [5, 5.41) is 1.20. The van der Waals surface area contributed by atoms with E-state index in [0.717, 1.165) is 44.1 Å². The zero-order valence-electron chi connectivity index (χ0n) is 13.4. The van der Waals surface area contributed by atoms with Crippen LogP contribution in [-0.4, -0.2) is 62.5 Å². The number of aliphatic imine (C=N–C) groups is 1. The summed E-state index contributed by atoms with van der Waals surface area (Å²) in [6, 6.07) is 4.04. The quantitative estimate of drug-likeness (QED) is 0.798. The van der Waals surface area contributed by atoms with Gasteiger partial charge in [-0.3, -0.25) is 9.98 Å². The molecule has 0 saturated carbocycles. The number of piperazine rings is 1. The van der Waals surface area contributed by atoms with Crippen molar-refractivity contribution in [3.8, 4) is 0 Å². The molecule has 0 aliphatic carbocycles. The van der Waals surface area contributed by atoms with Crippen LogP contribution in [0.15, 0.2) is 29.5 Å². The first-order chi connectivity index (χ1) is 11.1. The second kappa shape index (κ2) is 5.63. The van der Waals surface area contributed by atoms with E-state index < -0.39 is 0 Å². The summed E-state index contributed by atoms with van der Waals surface area (Å²) in [5.74, 6) is 0.985. The predicted octanol–water partition coefficient (Wildman–Crippen LogP) is 2.03. The maximum atomic E-state index is 4.70. The van der Waals surface area contributed by atoms with Crippen LogP contribution in [0.5, 0.6) is 0 Å². The van der Waals surface area contributed by atoms with Crippen molar-refractivity contribution in [2.45, 2.75) is 18.6 Å². The van der Waals surface area contributed by atoms with Crippen LogP contribution >= 0.6 is 11.8 Å². The fourth-order valence-electron chi connectivity index (χ4n) is 2.88. The summed E-state index contributed by atoms with van der Waals surface area (Å²) in [6.45, 7) is 9.31. The van der Waals surface area contributed by atoms with Crippen LogP contribution in [0, 0.1) is 0 Å². The van der Waals surface area contributed by atoms with Gasteiger partial charge in [0.15, 0.2) is 10.8 Å². The van der Waals surface area contributed by atoms with Crippen LogP contribution in [0.4, 0.5) is 5.82 Å². The Morgan fingerprint density at radius 1 is 1.00 bits per heavy atom. The third-order valence-corrected chi connectivity index (χ3v) is 5.41. The molecule has 2 aliphatic rings. The first kappa shape index (κ1) is 14.7. The molecule has 7 heteroatoms. The molecule has 0 bridgehead atoms. The highest BCUT2D eigenvalue weighted by Crippen LogP contribution is 2.33. The van der Waals surface area contributed by atoms with Gasteiger partial charge >= 0.3 is 0 Å². The molecule has 0 N–H and O–H groups in total. The molecule has 23 heavy (non-hydrogen) atoms. The number of nitrogens with zero attached hydrogens (tertiary/aromatic N) is 6. The van der Waals surface area contributed by atoms with E-state index in [4.69, 9.17) is 4.99 Å². The molecule has 2 aliphatic heterocycles. The number of hydrogen-bond acceptors (Lipinski definition) is 7. The molecule has 4 rings (SSSR count). The van der Waals surface area contributed by atoms with E-state index in [1.165, 1.54) is 5.17 Å². The van der Waals surface area contributed by atoms with E-state index >= 15 is 0 Å². The molecule has 0 radical (unpaired) electrons. The SMILES string of the molecule is CC1(C)CN=C(N2CCN(c3ccc4nccnc4n3)CC2)S1. The Balaban J connectivity index is 1.44. The minimum absolute atomic E-state index is 0.241. The summed E-state index contributed by atoms with van der Waals surface area (Å²) in [6.07, 6.45) is 3.39. The Labute approximate surface area is 140 Å². The van der Waals surface area contributed by atoms with Gasteiger partial charge in [0.2, 0.25) is 0 Å². The van der Waals surface area contributed by atoms with Gasteiger partial charge in [0.05, 0.1) is 6.54 Å². The lowest BCUT2D eigenvalue weighted by molar-refractivity contribution is 0.391. The highest BCUT2D eigenvalue weighted by atomic mass is 32.2. The van der Waals surface area contributed by atoms with Crippen molar-refractivity contribution in [2.24, 2.45) is 4.99 Å². The van der Waals surface area contributed by atoms with Crippen LogP contribution in [0.1, 0.15) is 13.8 Å². The Kier molecular flexibility index (Phi) is 3.60. The Hall–Kier alpha value is -1.89. The van der Waals surface area contributed by atoms with Gasteiger partial charge in [-0.05, 0) is 26.0 Å². The number of thioether (sulfide) groups is 1. The van der Waals surface area contributed by atoms with E-state index in [9.17, 15) is 0 Å². The number of aromatic nitrogens is 3. The molecule has 0 unspecified atom stereocenters. The standard InChI is InChI=1S/C16H20N6S/c1-16(2)11-19-15(23-16)22-9-7-21(8-10-22)13-4-3-12-14(20-13)18-6-5-17-12/h3-6H,7-11H2,1-2H3. The van der Waals surface area contributed by atoms with Crippen molar-refractivity contribution < 1.29 is 0 Å². The normalized spacial score (nSPS) is 20.9. The lowest BCUT2D eigenvalue weighted by Crippen LogP contribution is -2.48. The largest absolute Gasteiger partial charge is 0.353 e. The number of pyridine rings is 1. The molecule has 6 nitrogen and oxygen atoms in total. The topological polar surface area (TPSA) is 57.5 Å². The lowest BCUT2D eigenvalue weighted by Gasteiger charge is -2.36. The van der Waals surface area contributed by atoms with Crippen LogP contribution < -0.4 is 4.90 Å². The highest BCUT2D eigenvalue weighted by Gasteiger charge is 2.31. The van der Waals surface area contributed by atoms with Gasteiger partial charge in [-0.15, -0.1) is 0 Å². The lowest BCUT2D eigenvalue weighted by atomic mass is 10.2. The van der Waals surface area contributed by atoms with E-state index in [0.29, 0.717) is 5.65 Å². The fraction of sp³-hybridized carbons (Fsp3) is 0.500. The average Bonchev–Trinajstić information content (AvgIpc) is 2.94. The van der Waals surface area contributed by atoms with Gasteiger partial charge in [0, 0.05) is 43.3 Å². The highest BCUT2D eigenvalue weighted by molar-refractivity contribution is 8.15. The maximum Gasteiger partial charge on any atom is 0.180 e. The Bertz CT molecular complexity index is 751. The summed E-state index contributed by atoms with van der Waals surface area (Å²) in [7, 11) is 0. The van der Waals surface area contributed by atoms with Crippen LogP contribution in [-0.2, 0) is 0 Å². The molecule has 1 saturated heterocycles.